The van der Waals surface area contributed by atoms with E-state index in [0.717, 1.165) is 24.9 Å². The molecule has 1 saturated heterocycles. The van der Waals surface area contributed by atoms with Crippen molar-refractivity contribution in [2.45, 2.75) is 18.9 Å². The van der Waals surface area contributed by atoms with Crippen molar-refractivity contribution >= 4 is 11.8 Å². The average Bonchev–Trinajstić information content (AvgIpc) is 2.40. The first-order valence-electron chi connectivity index (χ1n) is 6.47. The van der Waals surface area contributed by atoms with Crippen molar-refractivity contribution in [2.24, 2.45) is 17.4 Å². The highest BCUT2D eigenvalue weighted by atomic mass is 16.2. The zero-order valence-electron chi connectivity index (χ0n) is 10.8. The highest BCUT2D eigenvalue weighted by molar-refractivity contribution is 5.82. The zero-order valence-corrected chi connectivity index (χ0v) is 10.8. The van der Waals surface area contributed by atoms with Crippen LogP contribution in [0.5, 0.6) is 0 Å². The Morgan fingerprint density at radius 2 is 1.89 bits per heavy atom. The van der Waals surface area contributed by atoms with Gasteiger partial charge in [-0.15, -0.1) is 0 Å². The molecular formula is C14H19N3O2. The molecule has 2 amide bonds. The molecule has 0 saturated carbocycles. The van der Waals surface area contributed by atoms with E-state index >= 15 is 0 Å². The van der Waals surface area contributed by atoms with Crippen LogP contribution in [0.4, 0.5) is 0 Å². The van der Waals surface area contributed by atoms with Crippen LogP contribution in [-0.4, -0.2) is 29.8 Å². The van der Waals surface area contributed by atoms with Gasteiger partial charge in [0, 0.05) is 6.54 Å². The first-order valence-corrected chi connectivity index (χ1v) is 6.47. The van der Waals surface area contributed by atoms with Gasteiger partial charge < -0.3 is 11.5 Å². The van der Waals surface area contributed by atoms with Gasteiger partial charge in [-0.2, -0.15) is 0 Å². The first kappa shape index (κ1) is 13.5. The Morgan fingerprint density at radius 1 is 1.21 bits per heavy atom. The van der Waals surface area contributed by atoms with Gasteiger partial charge in [0.1, 0.15) is 6.04 Å². The van der Waals surface area contributed by atoms with Gasteiger partial charge in [0.2, 0.25) is 11.8 Å². The van der Waals surface area contributed by atoms with Crippen LogP contribution in [0.1, 0.15) is 24.4 Å². The van der Waals surface area contributed by atoms with E-state index in [9.17, 15) is 9.59 Å². The molecule has 2 rings (SSSR count). The van der Waals surface area contributed by atoms with E-state index in [1.807, 2.05) is 35.2 Å². The lowest BCUT2D eigenvalue weighted by Crippen LogP contribution is -2.46. The molecule has 1 aliphatic heterocycles. The minimum Gasteiger partial charge on any atom is -0.369 e. The summed E-state index contributed by atoms with van der Waals surface area (Å²) in [5, 5.41) is 0. The van der Waals surface area contributed by atoms with Crippen LogP contribution in [0, 0.1) is 5.92 Å². The van der Waals surface area contributed by atoms with Crippen LogP contribution in [-0.2, 0) is 9.59 Å². The zero-order chi connectivity index (χ0) is 13.8. The molecule has 102 valence electrons. The normalized spacial score (nSPS) is 21.8. The summed E-state index contributed by atoms with van der Waals surface area (Å²) in [5.74, 6) is -0.892. The van der Waals surface area contributed by atoms with E-state index in [1.165, 1.54) is 0 Å². The minimum atomic E-state index is -0.483. The molecule has 2 atom stereocenters. The number of benzene rings is 1. The maximum Gasteiger partial charge on any atom is 0.239 e. The lowest BCUT2D eigenvalue weighted by molar-refractivity contribution is -0.128. The summed E-state index contributed by atoms with van der Waals surface area (Å²) < 4.78 is 0. The third kappa shape index (κ3) is 3.12. The van der Waals surface area contributed by atoms with Crippen LogP contribution in [0.2, 0.25) is 0 Å². The van der Waals surface area contributed by atoms with Gasteiger partial charge >= 0.3 is 0 Å². The lowest BCUT2D eigenvalue weighted by Gasteiger charge is -2.35. The minimum absolute atomic E-state index is 0.195. The summed E-state index contributed by atoms with van der Waals surface area (Å²) in [6, 6.07) is 8.92. The van der Waals surface area contributed by atoms with Crippen LogP contribution in [0.25, 0.3) is 0 Å². The summed E-state index contributed by atoms with van der Waals surface area (Å²) in [6.45, 7) is 1.25. The summed E-state index contributed by atoms with van der Waals surface area (Å²) in [7, 11) is 0. The summed E-state index contributed by atoms with van der Waals surface area (Å²) >= 11 is 0. The topological polar surface area (TPSA) is 89.4 Å². The maximum atomic E-state index is 11.7. The number of carbonyl (C=O) groups excluding carboxylic acids is 2. The molecule has 19 heavy (non-hydrogen) atoms. The Balaban J connectivity index is 2.20. The fraction of sp³-hybridized carbons (Fsp3) is 0.429. The molecule has 5 heteroatoms. The van der Waals surface area contributed by atoms with Gasteiger partial charge in [-0.3, -0.25) is 14.5 Å². The Kier molecular flexibility index (Phi) is 4.16. The van der Waals surface area contributed by atoms with Crippen molar-refractivity contribution < 1.29 is 9.59 Å². The fourth-order valence-corrected chi connectivity index (χ4v) is 2.66. The van der Waals surface area contributed by atoms with Crippen molar-refractivity contribution in [2.75, 3.05) is 13.1 Å². The van der Waals surface area contributed by atoms with Crippen molar-refractivity contribution in [3.63, 3.8) is 0 Å². The number of piperidine rings is 1. The Bertz CT molecular complexity index is 461. The predicted molar refractivity (Wildman–Crippen MR) is 71.9 cm³/mol. The third-order valence-electron chi connectivity index (χ3n) is 3.61. The lowest BCUT2D eigenvalue weighted by atomic mass is 9.94. The molecule has 0 aromatic heterocycles. The van der Waals surface area contributed by atoms with Crippen molar-refractivity contribution in [1.82, 2.24) is 4.90 Å². The smallest absolute Gasteiger partial charge is 0.239 e. The number of amides is 2. The standard InChI is InChI=1S/C14H19N3O2/c15-13(18)11-7-4-8-17(9-11)12(14(16)19)10-5-2-1-3-6-10/h1-3,5-6,11-12H,4,7-9H2,(H2,15,18)(H2,16,19)/t11-,12+/m0/s1. The van der Waals surface area contributed by atoms with Crippen molar-refractivity contribution in [3.8, 4) is 0 Å². The SMILES string of the molecule is NC(=O)[C@H]1CCCN([C@@H](C(N)=O)c2ccccc2)C1. The Hall–Kier alpha value is -1.88. The van der Waals surface area contributed by atoms with Gasteiger partial charge in [0.05, 0.1) is 5.92 Å². The van der Waals surface area contributed by atoms with E-state index in [4.69, 9.17) is 11.5 Å². The number of carbonyl (C=O) groups is 2. The van der Waals surface area contributed by atoms with Gasteiger partial charge in [-0.25, -0.2) is 0 Å². The van der Waals surface area contributed by atoms with Crippen LogP contribution in [0.15, 0.2) is 30.3 Å². The molecule has 1 aromatic rings. The molecule has 0 unspecified atom stereocenters. The molecule has 1 fully saturated rings. The molecular weight excluding hydrogens is 242 g/mol. The molecule has 1 aromatic carbocycles. The largest absolute Gasteiger partial charge is 0.369 e. The number of nitrogens with two attached hydrogens (primary N) is 2. The van der Waals surface area contributed by atoms with Gasteiger partial charge in [0.25, 0.3) is 0 Å². The molecule has 4 N–H and O–H groups in total. The summed E-state index contributed by atoms with van der Waals surface area (Å²) in [6.07, 6.45) is 1.64. The summed E-state index contributed by atoms with van der Waals surface area (Å²) in [4.78, 5) is 25.0. The van der Waals surface area contributed by atoms with Gasteiger partial charge in [-0.05, 0) is 24.9 Å². The highest BCUT2D eigenvalue weighted by Gasteiger charge is 2.32. The van der Waals surface area contributed by atoms with E-state index in [-0.39, 0.29) is 11.8 Å². The quantitative estimate of drug-likeness (QED) is 0.822. The maximum absolute atomic E-state index is 11.7. The first-order chi connectivity index (χ1) is 9.09. The van der Waals surface area contributed by atoms with E-state index in [0.29, 0.717) is 6.54 Å². The number of rotatable bonds is 4. The van der Waals surface area contributed by atoms with E-state index in [1.54, 1.807) is 0 Å². The fourth-order valence-electron chi connectivity index (χ4n) is 2.66. The van der Waals surface area contributed by atoms with E-state index in [2.05, 4.69) is 0 Å². The molecule has 0 aliphatic carbocycles. The average molecular weight is 261 g/mol. The van der Waals surface area contributed by atoms with Crippen LogP contribution < -0.4 is 11.5 Å². The molecule has 0 spiro atoms. The summed E-state index contributed by atoms with van der Waals surface area (Å²) in [5.41, 5.74) is 11.7. The van der Waals surface area contributed by atoms with Crippen LogP contribution in [0.3, 0.4) is 0 Å². The molecule has 1 aliphatic rings. The number of nitrogens with zero attached hydrogens (tertiary/aromatic N) is 1. The van der Waals surface area contributed by atoms with Crippen LogP contribution >= 0.6 is 0 Å². The Labute approximate surface area is 112 Å². The number of hydrogen-bond donors (Lipinski definition) is 2. The molecule has 1 heterocycles. The predicted octanol–water partition coefficient (Wildman–Crippen LogP) is 0.410. The third-order valence-corrected chi connectivity index (χ3v) is 3.61. The highest BCUT2D eigenvalue weighted by Crippen LogP contribution is 2.26. The van der Waals surface area contributed by atoms with Crippen molar-refractivity contribution in [1.29, 1.82) is 0 Å². The Morgan fingerprint density at radius 3 is 2.47 bits per heavy atom. The number of hydrogen-bond acceptors (Lipinski definition) is 3. The monoisotopic (exact) mass is 261 g/mol. The number of likely N-dealkylation sites (tertiary alicyclic amines) is 1. The molecule has 0 radical (unpaired) electrons. The second kappa shape index (κ2) is 5.84. The molecule has 5 nitrogen and oxygen atoms in total. The van der Waals surface area contributed by atoms with Crippen molar-refractivity contribution in [3.05, 3.63) is 35.9 Å². The van der Waals surface area contributed by atoms with E-state index < -0.39 is 11.9 Å². The number of primary amides is 2. The second-order valence-corrected chi connectivity index (χ2v) is 4.95. The van der Waals surface area contributed by atoms with Gasteiger partial charge in [-0.1, -0.05) is 30.3 Å². The van der Waals surface area contributed by atoms with Gasteiger partial charge in [0.15, 0.2) is 0 Å². The second-order valence-electron chi connectivity index (χ2n) is 4.95. The molecule has 0 bridgehead atoms.